The molecule has 0 radical (unpaired) electrons. The molecule has 1 rings (SSSR count). The highest BCUT2D eigenvalue weighted by Crippen LogP contribution is 2.15. The number of aromatic nitrogens is 1. The molecule has 0 aliphatic carbocycles. The molecule has 0 saturated carbocycles. The van der Waals surface area contributed by atoms with Gasteiger partial charge in [-0.3, -0.25) is 0 Å². The number of anilines is 1. The summed E-state index contributed by atoms with van der Waals surface area (Å²) in [5.41, 5.74) is 0. The molecule has 1 aromatic rings. The minimum absolute atomic E-state index is 0.309. The Balaban J connectivity index is 2.31. The van der Waals surface area contributed by atoms with Gasteiger partial charge in [0.1, 0.15) is 0 Å². The Morgan fingerprint density at radius 2 is 2.20 bits per heavy atom. The van der Waals surface area contributed by atoms with Gasteiger partial charge < -0.3 is 5.32 Å². The first-order valence-electron chi connectivity index (χ1n) is 4.85. The SMILES string of the molecule is Fc1cc(Br)cnc1NCCCCCCl. The van der Waals surface area contributed by atoms with Gasteiger partial charge in [-0.25, -0.2) is 9.37 Å². The highest BCUT2D eigenvalue weighted by Gasteiger charge is 2.02. The Hall–Kier alpha value is -0.350. The van der Waals surface area contributed by atoms with Crippen molar-refractivity contribution in [2.24, 2.45) is 0 Å². The summed E-state index contributed by atoms with van der Waals surface area (Å²) in [5.74, 6) is 0.663. The maximum atomic E-state index is 13.2. The number of hydrogen-bond acceptors (Lipinski definition) is 2. The monoisotopic (exact) mass is 294 g/mol. The molecule has 15 heavy (non-hydrogen) atoms. The van der Waals surface area contributed by atoms with Crippen LogP contribution in [0.5, 0.6) is 0 Å². The number of halogens is 3. The standard InChI is InChI=1S/C10H13BrClFN2/c11-8-6-9(13)10(15-7-8)14-5-3-1-2-4-12/h6-7H,1-5H2,(H,14,15). The van der Waals surface area contributed by atoms with Crippen LogP contribution < -0.4 is 5.32 Å². The summed E-state index contributed by atoms with van der Waals surface area (Å²) in [5, 5.41) is 2.95. The van der Waals surface area contributed by atoms with Gasteiger partial charge in [-0.15, -0.1) is 11.6 Å². The molecule has 0 fully saturated rings. The molecular weight excluding hydrogens is 282 g/mol. The predicted molar refractivity (Wildman–Crippen MR) is 65.0 cm³/mol. The average Bonchev–Trinajstić information content (AvgIpc) is 2.20. The van der Waals surface area contributed by atoms with E-state index >= 15 is 0 Å². The second kappa shape index (κ2) is 7.01. The Morgan fingerprint density at radius 1 is 1.40 bits per heavy atom. The van der Waals surface area contributed by atoms with Crippen LogP contribution in [0, 0.1) is 5.82 Å². The van der Waals surface area contributed by atoms with E-state index in [1.54, 1.807) is 6.20 Å². The van der Waals surface area contributed by atoms with Crippen LogP contribution in [0.2, 0.25) is 0 Å². The molecule has 0 aliphatic heterocycles. The summed E-state index contributed by atoms with van der Waals surface area (Å²) in [4.78, 5) is 3.94. The molecular formula is C10H13BrClFN2. The van der Waals surface area contributed by atoms with E-state index in [0.717, 1.165) is 25.8 Å². The number of hydrogen-bond donors (Lipinski definition) is 1. The second-order valence-corrected chi connectivity index (χ2v) is 4.45. The fourth-order valence-electron chi connectivity index (χ4n) is 1.15. The first kappa shape index (κ1) is 12.7. The molecule has 0 spiro atoms. The molecule has 0 amide bonds. The quantitative estimate of drug-likeness (QED) is 0.638. The van der Waals surface area contributed by atoms with Gasteiger partial charge in [0.05, 0.1) is 0 Å². The summed E-state index contributed by atoms with van der Waals surface area (Å²) in [7, 11) is 0. The number of unbranched alkanes of at least 4 members (excludes halogenated alkanes) is 2. The van der Waals surface area contributed by atoms with Crippen molar-refractivity contribution in [3.63, 3.8) is 0 Å². The van der Waals surface area contributed by atoms with E-state index in [0.29, 0.717) is 16.2 Å². The van der Waals surface area contributed by atoms with Gasteiger partial charge in [-0.05, 0) is 34.8 Å². The lowest BCUT2D eigenvalue weighted by atomic mass is 10.2. The molecule has 0 aromatic carbocycles. The van der Waals surface area contributed by atoms with Gasteiger partial charge in [0, 0.05) is 23.1 Å². The van der Waals surface area contributed by atoms with E-state index in [2.05, 4.69) is 26.2 Å². The molecule has 0 saturated heterocycles. The van der Waals surface area contributed by atoms with Crippen LogP contribution >= 0.6 is 27.5 Å². The number of nitrogens with one attached hydrogen (secondary N) is 1. The maximum absolute atomic E-state index is 13.2. The molecule has 0 bridgehead atoms. The highest BCUT2D eigenvalue weighted by atomic mass is 79.9. The Labute approximate surface area is 102 Å². The minimum Gasteiger partial charge on any atom is -0.368 e. The zero-order chi connectivity index (χ0) is 11.1. The topological polar surface area (TPSA) is 24.9 Å². The molecule has 84 valence electrons. The largest absolute Gasteiger partial charge is 0.368 e. The lowest BCUT2D eigenvalue weighted by molar-refractivity contribution is 0.621. The van der Waals surface area contributed by atoms with E-state index < -0.39 is 0 Å². The molecule has 5 heteroatoms. The van der Waals surface area contributed by atoms with Crippen LogP contribution in [0.4, 0.5) is 10.2 Å². The van der Waals surface area contributed by atoms with Crippen molar-refractivity contribution < 1.29 is 4.39 Å². The summed E-state index contributed by atoms with van der Waals surface area (Å²) in [6.45, 7) is 0.725. The molecule has 1 aromatic heterocycles. The smallest absolute Gasteiger partial charge is 0.166 e. The highest BCUT2D eigenvalue weighted by molar-refractivity contribution is 9.10. The van der Waals surface area contributed by atoms with Crippen molar-refractivity contribution in [1.29, 1.82) is 0 Å². The van der Waals surface area contributed by atoms with Gasteiger partial charge in [-0.1, -0.05) is 6.42 Å². The van der Waals surface area contributed by atoms with Gasteiger partial charge in [0.15, 0.2) is 11.6 Å². The molecule has 0 unspecified atom stereocenters. The lowest BCUT2D eigenvalue weighted by Gasteiger charge is -2.05. The zero-order valence-corrected chi connectivity index (χ0v) is 10.6. The van der Waals surface area contributed by atoms with Crippen LogP contribution in [-0.2, 0) is 0 Å². The Morgan fingerprint density at radius 3 is 2.87 bits per heavy atom. The predicted octanol–water partition coefficient (Wildman–Crippen LogP) is 3.80. The van der Waals surface area contributed by atoms with Crippen LogP contribution in [0.25, 0.3) is 0 Å². The molecule has 1 N–H and O–H groups in total. The summed E-state index contributed by atoms with van der Waals surface area (Å²) in [6.07, 6.45) is 4.60. The number of nitrogens with zero attached hydrogens (tertiary/aromatic N) is 1. The normalized spacial score (nSPS) is 10.3. The third-order valence-corrected chi connectivity index (χ3v) is 2.61. The van der Waals surface area contributed by atoms with Crippen LogP contribution in [0.3, 0.4) is 0 Å². The summed E-state index contributed by atoms with van der Waals surface area (Å²) in [6, 6.07) is 1.40. The van der Waals surface area contributed by atoms with E-state index in [4.69, 9.17) is 11.6 Å². The van der Waals surface area contributed by atoms with E-state index in [9.17, 15) is 4.39 Å². The third kappa shape index (κ3) is 4.80. The second-order valence-electron chi connectivity index (χ2n) is 3.16. The van der Waals surface area contributed by atoms with Crippen molar-refractivity contribution in [3.8, 4) is 0 Å². The first-order chi connectivity index (χ1) is 7.24. The fourth-order valence-corrected chi connectivity index (χ4v) is 1.64. The maximum Gasteiger partial charge on any atom is 0.166 e. The van der Waals surface area contributed by atoms with Gasteiger partial charge in [0.2, 0.25) is 0 Å². The third-order valence-electron chi connectivity index (χ3n) is 1.91. The van der Waals surface area contributed by atoms with Gasteiger partial charge in [-0.2, -0.15) is 0 Å². The van der Waals surface area contributed by atoms with Crippen molar-refractivity contribution >= 4 is 33.3 Å². The summed E-state index contributed by atoms with van der Waals surface area (Å²) < 4.78 is 13.9. The molecule has 0 aliphatic rings. The summed E-state index contributed by atoms with van der Waals surface area (Å²) >= 11 is 8.70. The fraction of sp³-hybridized carbons (Fsp3) is 0.500. The van der Waals surface area contributed by atoms with E-state index in [-0.39, 0.29) is 5.82 Å². The lowest BCUT2D eigenvalue weighted by Crippen LogP contribution is -2.05. The number of alkyl halides is 1. The van der Waals surface area contributed by atoms with Crippen molar-refractivity contribution in [2.45, 2.75) is 19.3 Å². The van der Waals surface area contributed by atoms with Crippen LogP contribution in [-0.4, -0.2) is 17.4 Å². The van der Waals surface area contributed by atoms with Crippen molar-refractivity contribution in [1.82, 2.24) is 4.98 Å². The molecule has 0 atom stereocenters. The van der Waals surface area contributed by atoms with Gasteiger partial charge in [0.25, 0.3) is 0 Å². The van der Waals surface area contributed by atoms with Crippen molar-refractivity contribution in [2.75, 3.05) is 17.7 Å². The number of rotatable bonds is 6. The van der Waals surface area contributed by atoms with Crippen LogP contribution in [0.15, 0.2) is 16.7 Å². The Kier molecular flexibility index (Phi) is 5.95. The van der Waals surface area contributed by atoms with Gasteiger partial charge >= 0.3 is 0 Å². The average molecular weight is 296 g/mol. The van der Waals surface area contributed by atoms with Crippen molar-refractivity contribution in [3.05, 3.63) is 22.6 Å². The molecule has 1 heterocycles. The minimum atomic E-state index is -0.332. The Bertz CT molecular complexity index is 309. The molecule has 2 nitrogen and oxygen atoms in total. The van der Waals surface area contributed by atoms with E-state index in [1.165, 1.54) is 6.07 Å². The van der Waals surface area contributed by atoms with E-state index in [1.807, 2.05) is 0 Å². The number of pyridine rings is 1. The van der Waals surface area contributed by atoms with Crippen LogP contribution in [0.1, 0.15) is 19.3 Å². The first-order valence-corrected chi connectivity index (χ1v) is 6.17. The zero-order valence-electron chi connectivity index (χ0n) is 8.27.